The van der Waals surface area contributed by atoms with Crippen LogP contribution in [0.25, 0.3) is 22.3 Å². The highest BCUT2D eigenvalue weighted by molar-refractivity contribution is 7.46. The number of nitrogen functional groups attached to an aromatic ring is 2. The fourth-order valence-electron chi connectivity index (χ4n) is 5.33. The van der Waals surface area contributed by atoms with Gasteiger partial charge in [-0.15, -0.1) is 0 Å². The number of aliphatic hydroxyl groups is 1. The SMILES string of the molecule is Nc1nc2c(ncn2[C@@H]2O[C@@H]3COP(=O)([O-])OC4C[C@H](n5cnc6c(=O)[nH]c(N)nc65)O[C@@H]4COP(=O)([O-])O[C@@H]3C2O)c(=O)[nH]1. The van der Waals surface area contributed by atoms with Crippen LogP contribution in [0.1, 0.15) is 18.9 Å². The number of hydrogen-bond donors (Lipinski definition) is 5. The van der Waals surface area contributed by atoms with Gasteiger partial charge in [0, 0.05) is 6.42 Å². The third kappa shape index (κ3) is 5.47. The molecular formula is C20H22N10O13P2-2. The summed E-state index contributed by atoms with van der Waals surface area (Å²) in [7, 11) is -10.4. The van der Waals surface area contributed by atoms with E-state index in [1.165, 1.54) is 10.9 Å². The first kappa shape index (κ1) is 30.1. The monoisotopic (exact) mass is 672 g/mol. The molecule has 25 heteroatoms. The van der Waals surface area contributed by atoms with Gasteiger partial charge in [-0.05, 0) is 0 Å². The number of phosphoric ester groups is 2. The molecule has 4 unspecified atom stereocenters. The van der Waals surface area contributed by atoms with E-state index in [2.05, 4.69) is 29.9 Å². The maximum atomic E-state index is 12.9. The van der Waals surface area contributed by atoms with Crippen molar-refractivity contribution in [1.29, 1.82) is 0 Å². The molecule has 3 aliphatic rings. The van der Waals surface area contributed by atoms with Crippen LogP contribution in [0, 0.1) is 0 Å². The van der Waals surface area contributed by atoms with E-state index >= 15 is 0 Å². The number of aromatic amines is 2. The highest BCUT2D eigenvalue weighted by atomic mass is 31.2. The molecule has 0 radical (unpaired) electrons. The van der Waals surface area contributed by atoms with E-state index in [0.717, 1.165) is 10.9 Å². The fourth-order valence-corrected chi connectivity index (χ4v) is 7.23. The predicted octanol–water partition coefficient (Wildman–Crippen LogP) is -3.28. The molecular weight excluding hydrogens is 650 g/mol. The minimum Gasteiger partial charge on any atom is -0.756 e. The summed E-state index contributed by atoms with van der Waals surface area (Å²) >= 11 is 0. The number of aliphatic hydroxyl groups excluding tert-OH is 1. The second-order valence-electron chi connectivity index (χ2n) is 10.2. The van der Waals surface area contributed by atoms with Gasteiger partial charge in [0.15, 0.2) is 28.6 Å². The molecule has 0 aliphatic carbocycles. The van der Waals surface area contributed by atoms with Crippen LogP contribution in [0.5, 0.6) is 0 Å². The van der Waals surface area contributed by atoms with E-state index in [1.54, 1.807) is 0 Å². The Balaban J connectivity index is 1.16. The van der Waals surface area contributed by atoms with Gasteiger partial charge in [0.25, 0.3) is 26.8 Å². The molecule has 7 heterocycles. The Morgan fingerprint density at radius 1 is 0.844 bits per heavy atom. The summed E-state index contributed by atoms with van der Waals surface area (Å²) < 4.78 is 60.3. The number of anilines is 2. The molecule has 4 aromatic heterocycles. The Kier molecular flexibility index (Phi) is 7.18. The largest absolute Gasteiger partial charge is 0.756 e. The molecule has 0 spiro atoms. The molecule has 242 valence electrons. The molecule has 4 aromatic rings. The number of rotatable bonds is 2. The number of ether oxygens (including phenoxy) is 2. The molecule has 3 fully saturated rings. The van der Waals surface area contributed by atoms with Crippen LogP contribution in [0.4, 0.5) is 11.9 Å². The number of nitrogens with two attached hydrogens (primary N) is 2. The Morgan fingerprint density at radius 2 is 1.40 bits per heavy atom. The van der Waals surface area contributed by atoms with Crippen molar-refractivity contribution in [2.75, 3.05) is 24.7 Å². The first-order valence-corrected chi connectivity index (χ1v) is 15.9. The van der Waals surface area contributed by atoms with Gasteiger partial charge in [-0.25, -0.2) is 9.97 Å². The lowest BCUT2D eigenvalue weighted by molar-refractivity contribution is -0.243. The van der Waals surface area contributed by atoms with Gasteiger partial charge in [0.1, 0.15) is 30.6 Å². The van der Waals surface area contributed by atoms with Crippen LogP contribution in [-0.4, -0.2) is 87.9 Å². The van der Waals surface area contributed by atoms with Crippen molar-refractivity contribution >= 4 is 49.9 Å². The van der Waals surface area contributed by atoms with E-state index in [9.17, 15) is 33.6 Å². The Bertz CT molecular complexity index is 2010. The number of nitrogens with one attached hydrogen (secondary N) is 2. The smallest absolute Gasteiger partial charge is 0.280 e. The maximum Gasteiger partial charge on any atom is 0.280 e. The quantitative estimate of drug-likeness (QED) is 0.130. The molecule has 0 aromatic carbocycles. The van der Waals surface area contributed by atoms with Crippen LogP contribution in [0.2, 0.25) is 0 Å². The number of fused-ring (bicyclic) bond motifs is 4. The zero-order valence-corrected chi connectivity index (χ0v) is 24.2. The third-order valence-corrected chi connectivity index (χ3v) is 9.25. The Labute approximate surface area is 248 Å². The van der Waals surface area contributed by atoms with E-state index in [-0.39, 0.29) is 40.6 Å². The molecule has 3 saturated heterocycles. The molecule has 45 heavy (non-hydrogen) atoms. The summed E-state index contributed by atoms with van der Waals surface area (Å²) in [4.78, 5) is 70.7. The summed E-state index contributed by atoms with van der Waals surface area (Å²) in [5.74, 6) is -0.493. The third-order valence-electron chi connectivity index (χ3n) is 7.28. The minimum absolute atomic E-state index is 0.0144. The predicted molar refractivity (Wildman–Crippen MR) is 140 cm³/mol. The second-order valence-corrected chi connectivity index (χ2v) is 12.9. The molecule has 0 saturated carbocycles. The normalized spacial score (nSPS) is 36.0. The van der Waals surface area contributed by atoms with Crippen molar-refractivity contribution < 1.29 is 51.6 Å². The van der Waals surface area contributed by atoms with Gasteiger partial charge in [0.05, 0.1) is 32.0 Å². The lowest BCUT2D eigenvalue weighted by Crippen LogP contribution is -2.39. The van der Waals surface area contributed by atoms with Crippen molar-refractivity contribution in [2.24, 2.45) is 0 Å². The molecule has 0 amide bonds. The summed E-state index contributed by atoms with van der Waals surface area (Å²) in [6, 6.07) is 0. The van der Waals surface area contributed by atoms with Crippen LogP contribution in [0.15, 0.2) is 22.2 Å². The van der Waals surface area contributed by atoms with Crippen molar-refractivity contribution in [2.45, 2.75) is 49.4 Å². The number of aromatic nitrogens is 8. The summed E-state index contributed by atoms with van der Waals surface area (Å²) in [6.45, 7) is -1.66. The average molecular weight is 672 g/mol. The molecule has 0 bridgehead atoms. The minimum atomic E-state index is -5.26. The van der Waals surface area contributed by atoms with Gasteiger partial charge < -0.3 is 53.9 Å². The average Bonchev–Trinajstić information content (AvgIpc) is 3.71. The molecule has 7 N–H and O–H groups in total. The topological polar surface area (TPSA) is 335 Å². The molecule has 23 nitrogen and oxygen atoms in total. The van der Waals surface area contributed by atoms with Crippen LogP contribution in [-0.2, 0) is 36.7 Å². The molecule has 9 atom stereocenters. The molecule has 7 rings (SSSR count). The number of phosphoric acid groups is 2. The zero-order valence-electron chi connectivity index (χ0n) is 22.4. The van der Waals surface area contributed by atoms with Crippen molar-refractivity contribution in [1.82, 2.24) is 39.0 Å². The first-order chi connectivity index (χ1) is 21.3. The summed E-state index contributed by atoms with van der Waals surface area (Å²) in [6.07, 6.45) is -8.24. The van der Waals surface area contributed by atoms with Crippen molar-refractivity contribution in [3.63, 3.8) is 0 Å². The van der Waals surface area contributed by atoms with E-state index in [0.29, 0.717) is 0 Å². The van der Waals surface area contributed by atoms with Crippen LogP contribution < -0.4 is 32.4 Å². The van der Waals surface area contributed by atoms with E-state index < -0.39 is 83.0 Å². The van der Waals surface area contributed by atoms with Crippen molar-refractivity contribution in [3.05, 3.63) is 33.4 Å². The van der Waals surface area contributed by atoms with E-state index in [1.807, 2.05) is 0 Å². The van der Waals surface area contributed by atoms with Gasteiger partial charge >= 0.3 is 0 Å². The first-order valence-electron chi connectivity index (χ1n) is 13.0. The van der Waals surface area contributed by atoms with Crippen LogP contribution in [0.3, 0.4) is 0 Å². The van der Waals surface area contributed by atoms with Gasteiger partial charge in [-0.1, -0.05) is 0 Å². The van der Waals surface area contributed by atoms with Crippen molar-refractivity contribution in [3.8, 4) is 0 Å². The lowest BCUT2D eigenvalue weighted by Gasteiger charge is -2.34. The lowest BCUT2D eigenvalue weighted by atomic mass is 10.1. The number of nitrogens with zero attached hydrogens (tertiary/aromatic N) is 6. The summed E-state index contributed by atoms with van der Waals surface area (Å²) in [5.41, 5.74) is 9.58. The zero-order chi connectivity index (χ0) is 31.8. The van der Waals surface area contributed by atoms with Crippen LogP contribution >= 0.6 is 15.6 Å². The highest BCUT2D eigenvalue weighted by Gasteiger charge is 2.49. The highest BCUT2D eigenvalue weighted by Crippen LogP contribution is 2.50. The van der Waals surface area contributed by atoms with Gasteiger partial charge in [0.2, 0.25) is 11.9 Å². The maximum absolute atomic E-state index is 12.9. The van der Waals surface area contributed by atoms with Gasteiger partial charge in [-0.2, -0.15) is 9.97 Å². The Hall–Kier alpha value is -3.60. The number of hydrogen-bond acceptors (Lipinski definition) is 19. The second kappa shape index (κ2) is 10.7. The van der Waals surface area contributed by atoms with Gasteiger partial charge in [-0.3, -0.25) is 37.8 Å². The fraction of sp³-hybridized carbons (Fsp3) is 0.500. The molecule has 3 aliphatic heterocycles. The number of imidazole rings is 2. The number of H-pyrrole nitrogens is 2. The Morgan fingerprint density at radius 3 is 2.04 bits per heavy atom. The summed E-state index contributed by atoms with van der Waals surface area (Å²) in [5, 5.41) is 11.1. The van der Waals surface area contributed by atoms with E-state index in [4.69, 9.17) is 39.0 Å². The standard InChI is InChI=1S/C20H24N10O13P2/c21-19-25-14-10(16(32)27-19)23-4-29(14)9-1-6-7(40-9)2-38-45(36,37)43-13-8(3-39-44(34,35)42-6)41-18(12(13)31)30-5-24-11-15(30)26-20(22)28-17(11)33/h4-9,12-13,18,31H,1-3H2,(H,34,35)(H,36,37)(H3,21,25,27,32)(H3,22,26,28,33)/p-2/t6?,7-,8-,9-,12?,13+,18-/m1/s1.